The normalized spacial score (nSPS) is 11.1. The molecule has 4 nitrogen and oxygen atoms in total. The Bertz CT molecular complexity index is 662. The topological polar surface area (TPSA) is 55.1 Å². The van der Waals surface area contributed by atoms with Crippen molar-refractivity contribution in [2.24, 2.45) is 5.92 Å². The van der Waals surface area contributed by atoms with Gasteiger partial charge in [-0.1, -0.05) is 26.8 Å². The van der Waals surface area contributed by atoms with E-state index in [0.29, 0.717) is 35.8 Å². The Morgan fingerprint density at radius 3 is 2.67 bits per heavy atom. The molecule has 1 N–H and O–H groups in total. The molecule has 1 aromatic heterocycles. The van der Waals surface area contributed by atoms with Gasteiger partial charge < -0.3 is 5.11 Å². The van der Waals surface area contributed by atoms with Crippen LogP contribution < -0.4 is 0 Å². The van der Waals surface area contributed by atoms with Gasteiger partial charge in [-0.2, -0.15) is 5.10 Å². The van der Waals surface area contributed by atoms with E-state index >= 15 is 0 Å². The van der Waals surface area contributed by atoms with E-state index in [1.165, 1.54) is 12.1 Å². The van der Waals surface area contributed by atoms with E-state index in [4.69, 9.17) is 0 Å². The van der Waals surface area contributed by atoms with Crippen molar-refractivity contribution < 1.29 is 14.3 Å². The molecule has 0 saturated carbocycles. The van der Waals surface area contributed by atoms with Crippen molar-refractivity contribution in [1.82, 2.24) is 9.78 Å². The molecule has 2 rings (SSSR count). The van der Waals surface area contributed by atoms with Crippen molar-refractivity contribution in [3.63, 3.8) is 0 Å². The second-order valence-electron chi connectivity index (χ2n) is 5.42. The number of benzene rings is 1. The van der Waals surface area contributed by atoms with Gasteiger partial charge in [-0.3, -0.25) is 0 Å². The average Bonchev–Trinajstić information content (AvgIpc) is 2.76. The number of hydrogen-bond acceptors (Lipinski definition) is 2. The lowest BCUT2D eigenvalue weighted by atomic mass is 10.0. The van der Waals surface area contributed by atoms with E-state index in [2.05, 4.69) is 5.10 Å². The lowest BCUT2D eigenvalue weighted by molar-refractivity contribution is 0.0694. The Labute approximate surface area is 123 Å². The summed E-state index contributed by atoms with van der Waals surface area (Å²) in [6.45, 7) is 5.90. The fourth-order valence-corrected chi connectivity index (χ4v) is 2.43. The third kappa shape index (κ3) is 3.12. The number of hydrogen-bond donors (Lipinski definition) is 1. The van der Waals surface area contributed by atoms with E-state index in [9.17, 15) is 14.3 Å². The Morgan fingerprint density at radius 2 is 2.14 bits per heavy atom. The highest BCUT2D eigenvalue weighted by atomic mass is 19.1. The largest absolute Gasteiger partial charge is 0.478 e. The zero-order valence-corrected chi connectivity index (χ0v) is 12.4. The molecule has 2 aromatic rings. The van der Waals surface area contributed by atoms with Gasteiger partial charge in [0, 0.05) is 0 Å². The van der Waals surface area contributed by atoms with Crippen molar-refractivity contribution in [3.8, 4) is 5.69 Å². The molecular weight excluding hydrogens is 271 g/mol. The van der Waals surface area contributed by atoms with Crippen LogP contribution in [0.15, 0.2) is 24.3 Å². The lowest BCUT2D eigenvalue weighted by Gasteiger charge is -2.06. The summed E-state index contributed by atoms with van der Waals surface area (Å²) >= 11 is 0. The predicted octanol–water partition coefficient (Wildman–Crippen LogP) is 3.47. The first-order chi connectivity index (χ1) is 9.93. The van der Waals surface area contributed by atoms with Crippen LogP contribution in [-0.2, 0) is 12.8 Å². The minimum absolute atomic E-state index is 0.246. The molecule has 112 valence electrons. The summed E-state index contributed by atoms with van der Waals surface area (Å²) in [5.41, 5.74) is 1.95. The highest BCUT2D eigenvalue weighted by molar-refractivity contribution is 5.90. The van der Waals surface area contributed by atoms with Gasteiger partial charge in [0.2, 0.25) is 0 Å². The van der Waals surface area contributed by atoms with Gasteiger partial charge in [0.1, 0.15) is 11.4 Å². The number of carboxylic acid groups (broad SMARTS) is 1. The SMILES string of the molecule is CCc1c(C(=O)O)c(CC(C)C)nn1-c1cccc(F)c1. The lowest BCUT2D eigenvalue weighted by Crippen LogP contribution is -2.06. The third-order valence-corrected chi connectivity index (χ3v) is 3.26. The molecule has 0 radical (unpaired) electrons. The summed E-state index contributed by atoms with van der Waals surface area (Å²) in [5, 5.41) is 13.9. The van der Waals surface area contributed by atoms with Gasteiger partial charge in [0.25, 0.3) is 0 Å². The highest BCUT2D eigenvalue weighted by Crippen LogP contribution is 2.22. The average molecular weight is 290 g/mol. The number of aromatic carboxylic acids is 1. The zero-order valence-electron chi connectivity index (χ0n) is 12.4. The molecule has 0 unspecified atom stereocenters. The highest BCUT2D eigenvalue weighted by Gasteiger charge is 2.23. The molecule has 0 fully saturated rings. The monoisotopic (exact) mass is 290 g/mol. The molecule has 1 aromatic carbocycles. The molecule has 1 heterocycles. The molecule has 0 amide bonds. The molecule has 0 saturated heterocycles. The van der Waals surface area contributed by atoms with Crippen LogP contribution in [0.4, 0.5) is 4.39 Å². The molecule has 0 atom stereocenters. The smallest absolute Gasteiger partial charge is 0.339 e. The Balaban J connectivity index is 2.63. The second kappa shape index (κ2) is 6.08. The van der Waals surface area contributed by atoms with Gasteiger partial charge in [-0.25, -0.2) is 13.9 Å². The summed E-state index contributed by atoms with van der Waals surface area (Å²) in [4.78, 5) is 11.6. The first-order valence-corrected chi connectivity index (χ1v) is 7.04. The van der Waals surface area contributed by atoms with Crippen molar-refractivity contribution >= 4 is 5.97 Å². The van der Waals surface area contributed by atoms with Gasteiger partial charge in [0.05, 0.1) is 17.1 Å². The van der Waals surface area contributed by atoms with Crippen LogP contribution in [0.2, 0.25) is 0 Å². The number of carbonyl (C=O) groups is 1. The van der Waals surface area contributed by atoms with Crippen LogP contribution >= 0.6 is 0 Å². The zero-order chi connectivity index (χ0) is 15.6. The summed E-state index contributed by atoms with van der Waals surface area (Å²) in [5.74, 6) is -1.05. The summed E-state index contributed by atoms with van der Waals surface area (Å²) < 4.78 is 15.0. The fraction of sp³-hybridized carbons (Fsp3) is 0.375. The predicted molar refractivity (Wildman–Crippen MR) is 78.4 cm³/mol. The van der Waals surface area contributed by atoms with Gasteiger partial charge in [0.15, 0.2) is 0 Å². The van der Waals surface area contributed by atoms with E-state index in [1.54, 1.807) is 16.8 Å². The van der Waals surface area contributed by atoms with Crippen LogP contribution in [0.25, 0.3) is 5.69 Å². The maximum atomic E-state index is 13.4. The molecule has 0 aliphatic rings. The van der Waals surface area contributed by atoms with Crippen molar-refractivity contribution in [2.75, 3.05) is 0 Å². The number of halogens is 1. The van der Waals surface area contributed by atoms with Gasteiger partial charge in [-0.15, -0.1) is 0 Å². The van der Waals surface area contributed by atoms with Gasteiger partial charge >= 0.3 is 5.97 Å². The molecular formula is C16H19FN2O2. The Kier molecular flexibility index (Phi) is 4.40. The molecule has 5 heteroatoms. The second-order valence-corrected chi connectivity index (χ2v) is 5.42. The van der Waals surface area contributed by atoms with Crippen LogP contribution in [0, 0.1) is 11.7 Å². The number of rotatable bonds is 5. The summed E-state index contributed by atoms with van der Waals surface area (Å²) in [7, 11) is 0. The van der Waals surface area contributed by atoms with Crippen molar-refractivity contribution in [1.29, 1.82) is 0 Å². The minimum Gasteiger partial charge on any atom is -0.478 e. The van der Waals surface area contributed by atoms with Crippen LogP contribution in [0.1, 0.15) is 42.5 Å². The summed E-state index contributed by atoms with van der Waals surface area (Å²) in [6, 6.07) is 6.02. The fourth-order valence-electron chi connectivity index (χ4n) is 2.43. The quantitative estimate of drug-likeness (QED) is 0.917. The number of aromatic nitrogens is 2. The van der Waals surface area contributed by atoms with Crippen molar-refractivity contribution in [3.05, 3.63) is 47.0 Å². The Morgan fingerprint density at radius 1 is 1.43 bits per heavy atom. The molecule has 21 heavy (non-hydrogen) atoms. The molecule has 0 bridgehead atoms. The van der Waals surface area contributed by atoms with E-state index < -0.39 is 5.97 Å². The van der Waals surface area contributed by atoms with Crippen LogP contribution in [0.3, 0.4) is 0 Å². The minimum atomic E-state index is -0.981. The maximum Gasteiger partial charge on any atom is 0.339 e. The number of carboxylic acids is 1. The van der Waals surface area contributed by atoms with E-state index in [0.717, 1.165) is 0 Å². The van der Waals surface area contributed by atoms with Crippen LogP contribution in [-0.4, -0.2) is 20.9 Å². The first-order valence-electron chi connectivity index (χ1n) is 7.04. The maximum absolute atomic E-state index is 13.4. The van der Waals surface area contributed by atoms with Crippen LogP contribution in [0.5, 0.6) is 0 Å². The van der Waals surface area contributed by atoms with Gasteiger partial charge in [-0.05, 0) is 37.0 Å². The Hall–Kier alpha value is -2.17. The molecule has 0 aliphatic carbocycles. The summed E-state index contributed by atoms with van der Waals surface area (Å²) in [6.07, 6.45) is 1.10. The van der Waals surface area contributed by atoms with E-state index in [1.807, 2.05) is 20.8 Å². The number of nitrogens with zero attached hydrogens (tertiary/aromatic N) is 2. The standard InChI is InChI=1S/C16H19FN2O2/c1-4-14-15(16(20)21)13(8-10(2)3)18-19(14)12-7-5-6-11(17)9-12/h5-7,9-10H,4,8H2,1-3H3,(H,20,21). The van der Waals surface area contributed by atoms with E-state index in [-0.39, 0.29) is 11.4 Å². The first kappa shape index (κ1) is 15.2. The molecule has 0 spiro atoms. The molecule has 0 aliphatic heterocycles. The third-order valence-electron chi connectivity index (χ3n) is 3.26. The van der Waals surface area contributed by atoms with Crippen molar-refractivity contribution in [2.45, 2.75) is 33.6 Å².